The molecule has 0 aliphatic carbocycles. The van der Waals surface area contributed by atoms with Crippen molar-refractivity contribution in [2.45, 2.75) is 12.5 Å². The molecule has 2 saturated heterocycles. The molecule has 0 N–H and O–H groups in total. The number of hydrogen-bond donors (Lipinski definition) is 0. The molecule has 2 fully saturated rings. The normalized spacial score (nSPS) is 26.2. The van der Waals surface area contributed by atoms with Crippen LogP contribution in [0.3, 0.4) is 0 Å². The molecule has 1 aromatic carbocycles. The van der Waals surface area contributed by atoms with Crippen LogP contribution in [0.15, 0.2) is 24.3 Å². The maximum absolute atomic E-state index is 12.6. The molecule has 1 amide bonds. The van der Waals surface area contributed by atoms with Gasteiger partial charge in [0.2, 0.25) is 0 Å². The topological polar surface area (TPSA) is 32.8 Å². The zero-order chi connectivity index (χ0) is 12.5. The monoisotopic (exact) mass is 246 g/mol. The lowest BCUT2D eigenvalue weighted by atomic mass is 10.1. The second-order valence-electron chi connectivity index (χ2n) is 4.94. The van der Waals surface area contributed by atoms with Crippen molar-refractivity contribution in [1.29, 1.82) is 0 Å². The van der Waals surface area contributed by atoms with Crippen molar-refractivity contribution in [3.63, 3.8) is 0 Å². The average Bonchev–Trinajstić information content (AvgIpc) is 2.80. The van der Waals surface area contributed by atoms with Gasteiger partial charge < -0.3 is 9.64 Å². The molecular weight excluding hydrogens is 228 g/mol. The summed E-state index contributed by atoms with van der Waals surface area (Å²) in [5.41, 5.74) is 0.681. The van der Waals surface area contributed by atoms with Gasteiger partial charge in [-0.25, -0.2) is 0 Å². The summed E-state index contributed by atoms with van der Waals surface area (Å²) in [4.78, 5) is 17.0. The second kappa shape index (κ2) is 4.61. The van der Waals surface area contributed by atoms with Crippen LogP contribution in [0.2, 0.25) is 0 Å². The van der Waals surface area contributed by atoms with Gasteiger partial charge in [-0.05, 0) is 18.6 Å². The molecule has 0 saturated carbocycles. The molecule has 18 heavy (non-hydrogen) atoms. The Morgan fingerprint density at radius 2 is 2.11 bits per heavy atom. The SMILES string of the molecule is COc1ccccc1C(=O)N1CCN2CCC1C2. The number of fused-ring (bicyclic) bond motifs is 2. The maximum atomic E-state index is 12.6. The molecule has 2 bridgehead atoms. The number of carbonyl (C=O) groups is 1. The van der Waals surface area contributed by atoms with Gasteiger partial charge in [0.15, 0.2) is 0 Å². The number of methoxy groups -OCH3 is 1. The predicted octanol–water partition coefficient (Wildman–Crippen LogP) is 1.23. The highest BCUT2D eigenvalue weighted by Crippen LogP contribution is 2.25. The minimum atomic E-state index is 0.110. The molecule has 3 rings (SSSR count). The highest BCUT2D eigenvalue weighted by molar-refractivity contribution is 5.97. The second-order valence-corrected chi connectivity index (χ2v) is 4.94. The van der Waals surface area contributed by atoms with E-state index in [1.54, 1.807) is 7.11 Å². The predicted molar refractivity (Wildman–Crippen MR) is 68.9 cm³/mol. The summed E-state index contributed by atoms with van der Waals surface area (Å²) in [5, 5.41) is 0. The first kappa shape index (κ1) is 11.5. The van der Waals surface area contributed by atoms with Crippen molar-refractivity contribution in [3.8, 4) is 5.75 Å². The Bertz CT molecular complexity index is 461. The molecule has 0 aromatic heterocycles. The zero-order valence-electron chi connectivity index (χ0n) is 10.6. The highest BCUT2D eigenvalue weighted by Gasteiger charge is 2.35. The molecule has 2 unspecified atom stereocenters. The van der Waals surface area contributed by atoms with Crippen molar-refractivity contribution in [1.82, 2.24) is 9.80 Å². The minimum Gasteiger partial charge on any atom is -0.496 e. The van der Waals surface area contributed by atoms with Crippen LogP contribution in [0, 0.1) is 0 Å². The summed E-state index contributed by atoms with van der Waals surface area (Å²) in [6, 6.07) is 7.86. The Kier molecular flexibility index (Phi) is 2.96. The van der Waals surface area contributed by atoms with Gasteiger partial charge in [-0.15, -0.1) is 0 Å². The van der Waals surface area contributed by atoms with Gasteiger partial charge in [-0.3, -0.25) is 9.69 Å². The zero-order valence-corrected chi connectivity index (χ0v) is 10.6. The number of carbonyl (C=O) groups excluding carboxylic acids is 1. The fourth-order valence-corrected chi connectivity index (χ4v) is 2.94. The number of para-hydroxylation sites is 1. The van der Waals surface area contributed by atoms with Crippen LogP contribution in [0.1, 0.15) is 16.8 Å². The lowest BCUT2D eigenvalue weighted by Gasteiger charge is -2.34. The number of amides is 1. The molecule has 4 nitrogen and oxygen atoms in total. The molecule has 4 heteroatoms. The first-order valence-corrected chi connectivity index (χ1v) is 6.46. The van der Waals surface area contributed by atoms with Gasteiger partial charge in [0.1, 0.15) is 5.75 Å². The fraction of sp³-hybridized carbons (Fsp3) is 0.500. The Labute approximate surface area is 107 Å². The Morgan fingerprint density at radius 3 is 2.94 bits per heavy atom. The summed E-state index contributed by atoms with van der Waals surface area (Å²) < 4.78 is 5.28. The van der Waals surface area contributed by atoms with Crippen LogP contribution in [0.5, 0.6) is 5.75 Å². The molecule has 96 valence electrons. The summed E-state index contributed by atoms with van der Waals surface area (Å²) in [5.74, 6) is 0.780. The van der Waals surface area contributed by atoms with Crippen LogP contribution in [-0.2, 0) is 0 Å². The minimum absolute atomic E-state index is 0.110. The number of piperazine rings is 1. The molecule has 1 aromatic rings. The lowest BCUT2D eigenvalue weighted by Crippen LogP contribution is -2.49. The van der Waals surface area contributed by atoms with Gasteiger partial charge in [-0.2, -0.15) is 0 Å². The number of benzene rings is 1. The van der Waals surface area contributed by atoms with Crippen molar-refractivity contribution >= 4 is 5.91 Å². The third-order valence-electron chi connectivity index (χ3n) is 3.94. The Morgan fingerprint density at radius 1 is 1.28 bits per heavy atom. The summed E-state index contributed by atoms with van der Waals surface area (Å²) in [6.07, 6.45) is 1.10. The first-order chi connectivity index (χ1) is 8.79. The third-order valence-corrected chi connectivity index (χ3v) is 3.94. The van der Waals surface area contributed by atoms with Gasteiger partial charge >= 0.3 is 0 Å². The first-order valence-electron chi connectivity index (χ1n) is 6.46. The maximum Gasteiger partial charge on any atom is 0.257 e. The van der Waals surface area contributed by atoms with Crippen LogP contribution >= 0.6 is 0 Å². The number of ether oxygens (including phenoxy) is 1. The van der Waals surface area contributed by atoms with Crippen LogP contribution in [0.4, 0.5) is 0 Å². The average molecular weight is 246 g/mol. The van der Waals surface area contributed by atoms with E-state index in [9.17, 15) is 4.79 Å². The number of rotatable bonds is 2. The Balaban J connectivity index is 1.85. The van der Waals surface area contributed by atoms with E-state index in [0.29, 0.717) is 17.4 Å². The highest BCUT2D eigenvalue weighted by atomic mass is 16.5. The molecule has 0 spiro atoms. The van der Waals surface area contributed by atoms with E-state index < -0.39 is 0 Å². The molecule has 2 aliphatic heterocycles. The van der Waals surface area contributed by atoms with Crippen LogP contribution < -0.4 is 4.74 Å². The van der Waals surface area contributed by atoms with Crippen LogP contribution in [0.25, 0.3) is 0 Å². The van der Waals surface area contributed by atoms with E-state index >= 15 is 0 Å². The van der Waals surface area contributed by atoms with E-state index in [1.807, 2.05) is 29.2 Å². The summed E-state index contributed by atoms with van der Waals surface area (Å²) in [6.45, 7) is 3.99. The number of hydrogen-bond acceptors (Lipinski definition) is 3. The van der Waals surface area contributed by atoms with Crippen molar-refractivity contribution < 1.29 is 9.53 Å². The Hall–Kier alpha value is -1.55. The van der Waals surface area contributed by atoms with Gasteiger partial charge in [-0.1, -0.05) is 12.1 Å². The van der Waals surface area contributed by atoms with Crippen molar-refractivity contribution in [3.05, 3.63) is 29.8 Å². The molecule has 2 aliphatic rings. The van der Waals surface area contributed by atoms with E-state index in [-0.39, 0.29) is 5.91 Å². The molecular formula is C14H18N2O2. The largest absolute Gasteiger partial charge is 0.496 e. The van der Waals surface area contributed by atoms with Crippen molar-refractivity contribution in [2.75, 3.05) is 33.3 Å². The van der Waals surface area contributed by atoms with E-state index in [4.69, 9.17) is 4.74 Å². The quantitative estimate of drug-likeness (QED) is 0.786. The fourth-order valence-electron chi connectivity index (χ4n) is 2.94. The van der Waals surface area contributed by atoms with Crippen LogP contribution in [-0.4, -0.2) is 55.0 Å². The summed E-state index contributed by atoms with van der Waals surface area (Å²) >= 11 is 0. The molecule has 2 heterocycles. The van der Waals surface area contributed by atoms with Gasteiger partial charge in [0.05, 0.1) is 12.7 Å². The van der Waals surface area contributed by atoms with Crippen molar-refractivity contribution in [2.24, 2.45) is 0 Å². The van der Waals surface area contributed by atoms with E-state index in [0.717, 1.165) is 32.6 Å². The standard InChI is InChI=1S/C14H18N2O2/c1-18-13-5-3-2-4-12(13)14(17)16-9-8-15-7-6-11(16)10-15/h2-5,11H,6-10H2,1H3. The van der Waals surface area contributed by atoms with Gasteiger partial charge in [0.25, 0.3) is 5.91 Å². The third kappa shape index (κ3) is 1.86. The summed E-state index contributed by atoms with van der Waals surface area (Å²) in [7, 11) is 1.61. The smallest absolute Gasteiger partial charge is 0.257 e. The van der Waals surface area contributed by atoms with Gasteiger partial charge in [0, 0.05) is 32.2 Å². The molecule has 2 atom stereocenters. The van der Waals surface area contributed by atoms with E-state index in [2.05, 4.69) is 4.90 Å². The van der Waals surface area contributed by atoms with E-state index in [1.165, 1.54) is 0 Å². The molecule has 0 radical (unpaired) electrons. The lowest BCUT2D eigenvalue weighted by molar-refractivity contribution is 0.0606. The number of nitrogens with zero attached hydrogens (tertiary/aromatic N) is 2.